The highest BCUT2D eigenvalue weighted by Gasteiger charge is 2.08. The molecule has 2 amide bonds. The second-order valence-corrected chi connectivity index (χ2v) is 6.75. The molecule has 0 aliphatic heterocycles. The zero-order valence-electron chi connectivity index (χ0n) is 14.8. The molecule has 0 aromatic heterocycles. The van der Waals surface area contributed by atoms with Gasteiger partial charge in [-0.05, 0) is 60.9 Å². The predicted octanol–water partition coefficient (Wildman–Crippen LogP) is 3.59. The Labute approximate surface area is 167 Å². The molecule has 0 fully saturated rings. The van der Waals surface area contributed by atoms with E-state index in [2.05, 4.69) is 15.8 Å². The minimum atomic E-state index is -0.347. The van der Waals surface area contributed by atoms with Crippen LogP contribution in [0.5, 0.6) is 5.75 Å². The van der Waals surface area contributed by atoms with Crippen molar-refractivity contribution in [1.29, 1.82) is 0 Å². The van der Waals surface area contributed by atoms with Crippen LogP contribution in [-0.4, -0.2) is 29.7 Å². The molecular formula is C19H19Cl2N3O3. The largest absolute Gasteiger partial charge is 0.507 e. The van der Waals surface area contributed by atoms with Crippen LogP contribution >= 0.6 is 23.2 Å². The monoisotopic (exact) mass is 407 g/mol. The molecule has 6 nitrogen and oxygen atoms in total. The van der Waals surface area contributed by atoms with Crippen molar-refractivity contribution >= 4 is 41.2 Å². The molecule has 0 atom stereocenters. The second kappa shape index (κ2) is 9.39. The second-order valence-electron chi connectivity index (χ2n) is 5.93. The maximum Gasteiger partial charge on any atom is 0.251 e. The van der Waals surface area contributed by atoms with Gasteiger partial charge in [0.2, 0.25) is 5.91 Å². The van der Waals surface area contributed by atoms with E-state index in [-0.39, 0.29) is 35.6 Å². The van der Waals surface area contributed by atoms with Gasteiger partial charge in [-0.2, -0.15) is 5.10 Å². The number of hydrogen-bond acceptors (Lipinski definition) is 4. The van der Waals surface area contributed by atoms with Crippen molar-refractivity contribution in [2.75, 3.05) is 6.54 Å². The Morgan fingerprint density at radius 2 is 1.78 bits per heavy atom. The molecule has 0 spiro atoms. The van der Waals surface area contributed by atoms with E-state index in [0.29, 0.717) is 10.6 Å². The smallest absolute Gasteiger partial charge is 0.251 e. The Hall–Kier alpha value is -2.57. The lowest BCUT2D eigenvalue weighted by molar-refractivity contribution is -0.120. The molecule has 8 heteroatoms. The average Bonchev–Trinajstić information content (AvgIpc) is 2.61. The van der Waals surface area contributed by atoms with Gasteiger partial charge in [0.25, 0.3) is 5.91 Å². The molecule has 0 saturated carbocycles. The molecule has 2 aromatic carbocycles. The summed E-state index contributed by atoms with van der Waals surface area (Å²) in [4.78, 5) is 23.8. The number of carbonyl (C=O) groups is 2. The standard InChI is InChI=1S/C19H19Cl2N3O3/c1-11-7-13(8-12(2)18(11)26)10-23-24-17(25)5-6-22-19(27)14-3-4-15(20)16(21)9-14/h3-4,7-10,26H,5-6H2,1-2H3,(H,22,27)(H,24,25)/b23-10+. The minimum Gasteiger partial charge on any atom is -0.507 e. The summed E-state index contributed by atoms with van der Waals surface area (Å²) in [5.74, 6) is -0.443. The zero-order chi connectivity index (χ0) is 20.0. The van der Waals surface area contributed by atoms with Gasteiger partial charge in [-0.1, -0.05) is 23.2 Å². The Morgan fingerprint density at radius 1 is 1.11 bits per heavy atom. The molecule has 0 saturated heterocycles. The number of hydrazone groups is 1. The molecule has 2 rings (SSSR count). The van der Waals surface area contributed by atoms with Gasteiger partial charge in [-0.3, -0.25) is 9.59 Å². The first-order valence-corrected chi connectivity index (χ1v) is 8.89. The number of rotatable bonds is 6. The molecule has 2 aromatic rings. The van der Waals surface area contributed by atoms with Crippen molar-refractivity contribution in [1.82, 2.24) is 10.7 Å². The molecule has 0 heterocycles. The summed E-state index contributed by atoms with van der Waals surface area (Å²) in [6.07, 6.45) is 1.56. The molecule has 0 aliphatic carbocycles. The Kier molecular flexibility index (Phi) is 7.21. The number of phenolic OH excluding ortho intramolecular Hbond substituents is 1. The van der Waals surface area contributed by atoms with Gasteiger partial charge in [0.1, 0.15) is 5.75 Å². The quantitative estimate of drug-likeness (QED) is 0.504. The Morgan fingerprint density at radius 3 is 2.41 bits per heavy atom. The molecule has 0 aliphatic rings. The maximum atomic E-state index is 12.0. The van der Waals surface area contributed by atoms with Crippen LogP contribution in [0.15, 0.2) is 35.4 Å². The van der Waals surface area contributed by atoms with Gasteiger partial charge in [-0.15, -0.1) is 0 Å². The van der Waals surface area contributed by atoms with Crippen LogP contribution in [-0.2, 0) is 4.79 Å². The normalized spacial score (nSPS) is 10.8. The summed E-state index contributed by atoms with van der Waals surface area (Å²) in [7, 11) is 0. The van der Waals surface area contributed by atoms with Gasteiger partial charge in [-0.25, -0.2) is 5.43 Å². The van der Waals surface area contributed by atoms with E-state index in [1.165, 1.54) is 18.3 Å². The molecular weight excluding hydrogens is 389 g/mol. The van der Waals surface area contributed by atoms with Crippen LogP contribution in [0.3, 0.4) is 0 Å². The molecule has 142 valence electrons. The fourth-order valence-corrected chi connectivity index (χ4v) is 2.63. The highest BCUT2D eigenvalue weighted by atomic mass is 35.5. The molecule has 3 N–H and O–H groups in total. The third kappa shape index (κ3) is 5.98. The van der Waals surface area contributed by atoms with Crippen molar-refractivity contribution < 1.29 is 14.7 Å². The van der Waals surface area contributed by atoms with E-state index in [9.17, 15) is 14.7 Å². The fraction of sp³-hybridized carbons (Fsp3) is 0.211. The topological polar surface area (TPSA) is 90.8 Å². The molecule has 0 bridgehead atoms. The summed E-state index contributed by atoms with van der Waals surface area (Å²) in [5.41, 5.74) is 4.97. The molecule has 0 unspecified atom stereocenters. The molecule has 27 heavy (non-hydrogen) atoms. The van der Waals surface area contributed by atoms with Crippen LogP contribution in [0.1, 0.15) is 33.5 Å². The first kappa shape index (κ1) is 20.7. The SMILES string of the molecule is Cc1cc(/C=N/NC(=O)CCNC(=O)c2ccc(Cl)c(Cl)c2)cc(C)c1O. The van der Waals surface area contributed by atoms with Crippen LogP contribution in [0, 0.1) is 13.8 Å². The number of nitrogens with one attached hydrogen (secondary N) is 2. The van der Waals surface area contributed by atoms with Crippen molar-refractivity contribution in [3.05, 3.63) is 62.6 Å². The third-order valence-electron chi connectivity index (χ3n) is 3.74. The number of carbonyl (C=O) groups excluding carboxylic acids is 2. The number of phenols is 1. The van der Waals surface area contributed by atoms with Gasteiger partial charge in [0.05, 0.1) is 16.3 Å². The summed E-state index contributed by atoms with van der Waals surface area (Å²) >= 11 is 11.7. The van der Waals surface area contributed by atoms with Crippen molar-refractivity contribution in [3.8, 4) is 5.75 Å². The van der Waals surface area contributed by atoms with Gasteiger partial charge >= 0.3 is 0 Å². The number of halogens is 2. The van der Waals surface area contributed by atoms with Gasteiger partial charge < -0.3 is 10.4 Å². The summed E-state index contributed by atoms with van der Waals surface area (Å²) in [6.45, 7) is 3.72. The Balaban J connectivity index is 1.79. The van der Waals surface area contributed by atoms with E-state index < -0.39 is 0 Å². The van der Waals surface area contributed by atoms with Crippen molar-refractivity contribution in [3.63, 3.8) is 0 Å². The number of hydrogen-bond donors (Lipinski definition) is 3. The number of aryl methyl sites for hydroxylation is 2. The lowest BCUT2D eigenvalue weighted by Gasteiger charge is -2.06. The van der Waals surface area contributed by atoms with E-state index in [0.717, 1.165) is 16.7 Å². The Bertz CT molecular complexity index is 875. The number of aromatic hydroxyl groups is 1. The third-order valence-corrected chi connectivity index (χ3v) is 4.47. The van der Waals surface area contributed by atoms with E-state index in [4.69, 9.17) is 23.2 Å². The van der Waals surface area contributed by atoms with Crippen molar-refractivity contribution in [2.24, 2.45) is 5.10 Å². The van der Waals surface area contributed by atoms with E-state index in [1.54, 1.807) is 32.0 Å². The predicted molar refractivity (Wildman–Crippen MR) is 107 cm³/mol. The van der Waals surface area contributed by atoms with Crippen LogP contribution in [0.2, 0.25) is 10.0 Å². The van der Waals surface area contributed by atoms with E-state index in [1.807, 2.05) is 0 Å². The van der Waals surface area contributed by atoms with Crippen LogP contribution in [0.25, 0.3) is 0 Å². The number of benzene rings is 2. The lowest BCUT2D eigenvalue weighted by Crippen LogP contribution is -2.29. The van der Waals surface area contributed by atoms with Crippen LogP contribution < -0.4 is 10.7 Å². The highest BCUT2D eigenvalue weighted by molar-refractivity contribution is 6.42. The lowest BCUT2D eigenvalue weighted by atomic mass is 10.1. The fourth-order valence-electron chi connectivity index (χ4n) is 2.33. The first-order chi connectivity index (χ1) is 12.8. The number of amides is 2. The minimum absolute atomic E-state index is 0.0675. The zero-order valence-corrected chi connectivity index (χ0v) is 16.4. The average molecular weight is 408 g/mol. The van der Waals surface area contributed by atoms with Crippen LogP contribution in [0.4, 0.5) is 0 Å². The number of nitrogens with zero attached hydrogens (tertiary/aromatic N) is 1. The highest BCUT2D eigenvalue weighted by Crippen LogP contribution is 2.23. The van der Waals surface area contributed by atoms with Gasteiger partial charge in [0.15, 0.2) is 0 Å². The molecule has 0 radical (unpaired) electrons. The van der Waals surface area contributed by atoms with E-state index >= 15 is 0 Å². The van der Waals surface area contributed by atoms with Gasteiger partial charge in [0, 0.05) is 18.5 Å². The van der Waals surface area contributed by atoms with Crippen molar-refractivity contribution in [2.45, 2.75) is 20.3 Å². The summed E-state index contributed by atoms with van der Waals surface area (Å²) in [5, 5.41) is 16.9. The first-order valence-electron chi connectivity index (χ1n) is 8.13. The maximum absolute atomic E-state index is 12.0. The summed E-state index contributed by atoms with van der Waals surface area (Å²) in [6, 6.07) is 8.07. The summed E-state index contributed by atoms with van der Waals surface area (Å²) < 4.78 is 0.